The first kappa shape index (κ1) is 20.1. The van der Waals surface area contributed by atoms with Crippen molar-refractivity contribution >= 4 is 45.0 Å². The highest BCUT2D eigenvalue weighted by Gasteiger charge is 2.47. The van der Waals surface area contributed by atoms with Crippen LogP contribution in [0.1, 0.15) is 30.0 Å². The monoisotopic (exact) mass is 475 g/mol. The predicted molar refractivity (Wildman–Crippen MR) is 114 cm³/mol. The molecule has 1 N–H and O–H groups in total. The number of rotatable bonds is 4. The molecule has 2 aromatic rings. The molecule has 5 nitrogen and oxygen atoms in total. The second kappa shape index (κ2) is 8.30. The minimum absolute atomic E-state index is 0.0672. The van der Waals surface area contributed by atoms with Crippen LogP contribution in [0, 0.1) is 0 Å². The van der Waals surface area contributed by atoms with Crippen molar-refractivity contribution in [2.24, 2.45) is 0 Å². The van der Waals surface area contributed by atoms with Gasteiger partial charge in [0.1, 0.15) is 5.76 Å². The Labute approximate surface area is 182 Å². The van der Waals surface area contributed by atoms with Crippen molar-refractivity contribution in [3.05, 3.63) is 74.7 Å². The lowest BCUT2D eigenvalue weighted by atomic mass is 9.95. The summed E-state index contributed by atoms with van der Waals surface area (Å²) in [6.07, 6.45) is 1.63. The molecule has 0 bridgehead atoms. The van der Waals surface area contributed by atoms with Crippen LogP contribution in [-0.2, 0) is 14.3 Å². The summed E-state index contributed by atoms with van der Waals surface area (Å²) in [5.74, 6) is -1.53. The molecule has 2 aliphatic rings. The van der Waals surface area contributed by atoms with Crippen LogP contribution in [0.25, 0.3) is 5.76 Å². The molecular formula is C22H19BrClNO4. The van der Waals surface area contributed by atoms with Crippen LogP contribution in [0.2, 0.25) is 5.02 Å². The number of carbonyl (C=O) groups excluding carboxylic acids is 2. The molecule has 1 amide bonds. The number of halogens is 2. The van der Waals surface area contributed by atoms with E-state index in [1.165, 1.54) is 4.90 Å². The minimum atomic E-state index is -0.721. The zero-order valence-corrected chi connectivity index (χ0v) is 17.8. The summed E-state index contributed by atoms with van der Waals surface area (Å²) < 4.78 is 6.53. The average Bonchev–Trinajstić information content (AvgIpc) is 3.30. The Morgan fingerprint density at radius 1 is 1.21 bits per heavy atom. The maximum Gasteiger partial charge on any atom is 0.295 e. The van der Waals surface area contributed by atoms with Gasteiger partial charge in [-0.05, 0) is 42.7 Å². The zero-order chi connectivity index (χ0) is 20.5. The van der Waals surface area contributed by atoms with Crippen molar-refractivity contribution in [2.75, 3.05) is 13.2 Å². The molecule has 0 aliphatic carbocycles. The van der Waals surface area contributed by atoms with Gasteiger partial charge in [-0.2, -0.15) is 0 Å². The van der Waals surface area contributed by atoms with Crippen molar-refractivity contribution in [1.82, 2.24) is 4.90 Å². The number of ketones is 1. The molecule has 2 fully saturated rings. The summed E-state index contributed by atoms with van der Waals surface area (Å²) in [5.41, 5.74) is 1.21. The van der Waals surface area contributed by atoms with E-state index in [4.69, 9.17) is 16.3 Å². The standard InChI is InChI=1S/C22H19BrClNO4/c23-15-8-6-13(7-9-15)20(26)18-19(14-3-1-4-16(24)11-14)25(22(28)21(18)27)12-17-5-2-10-29-17/h1,3-4,6-9,11,17,19,26H,2,5,10,12H2. The number of amides is 1. The van der Waals surface area contributed by atoms with Crippen LogP contribution in [0.4, 0.5) is 0 Å². The zero-order valence-electron chi connectivity index (χ0n) is 15.5. The first-order valence-corrected chi connectivity index (χ1v) is 10.5. The Morgan fingerprint density at radius 2 is 1.97 bits per heavy atom. The Bertz CT molecular complexity index is 983. The average molecular weight is 477 g/mol. The van der Waals surface area contributed by atoms with Gasteiger partial charge in [0.05, 0.1) is 17.7 Å². The molecule has 2 aliphatic heterocycles. The number of Topliss-reactive ketones (excluding diaryl/α,β-unsaturated/α-hetero) is 1. The van der Waals surface area contributed by atoms with E-state index in [9.17, 15) is 14.7 Å². The van der Waals surface area contributed by atoms with E-state index in [2.05, 4.69) is 15.9 Å². The number of carbonyl (C=O) groups is 2. The summed E-state index contributed by atoms with van der Waals surface area (Å²) in [7, 11) is 0. The second-order valence-electron chi connectivity index (χ2n) is 7.15. The third-order valence-corrected chi connectivity index (χ3v) is 6.01. The highest BCUT2D eigenvalue weighted by molar-refractivity contribution is 9.10. The van der Waals surface area contributed by atoms with E-state index in [0.29, 0.717) is 29.3 Å². The number of aliphatic hydroxyl groups is 1. The van der Waals surface area contributed by atoms with Crippen LogP contribution >= 0.6 is 27.5 Å². The van der Waals surface area contributed by atoms with Crippen LogP contribution in [0.15, 0.2) is 58.6 Å². The number of aliphatic hydroxyl groups excluding tert-OH is 1. The Hall–Kier alpha value is -2.15. The van der Waals surface area contributed by atoms with Gasteiger partial charge in [-0.25, -0.2) is 0 Å². The highest BCUT2D eigenvalue weighted by Crippen LogP contribution is 2.40. The maximum absolute atomic E-state index is 12.9. The molecule has 29 heavy (non-hydrogen) atoms. The molecule has 0 spiro atoms. The van der Waals surface area contributed by atoms with E-state index in [0.717, 1.165) is 17.3 Å². The van der Waals surface area contributed by atoms with Gasteiger partial charge < -0.3 is 14.7 Å². The van der Waals surface area contributed by atoms with Gasteiger partial charge in [-0.15, -0.1) is 0 Å². The molecule has 2 unspecified atom stereocenters. The molecule has 150 valence electrons. The normalized spacial score (nSPS) is 23.7. The molecule has 0 saturated carbocycles. The van der Waals surface area contributed by atoms with Crippen molar-refractivity contribution in [3.63, 3.8) is 0 Å². The van der Waals surface area contributed by atoms with Gasteiger partial charge in [0, 0.05) is 28.2 Å². The van der Waals surface area contributed by atoms with Gasteiger partial charge in [0.15, 0.2) is 0 Å². The van der Waals surface area contributed by atoms with Crippen molar-refractivity contribution in [1.29, 1.82) is 0 Å². The quantitative estimate of drug-likeness (QED) is 0.394. The first-order valence-electron chi connectivity index (χ1n) is 9.37. The largest absolute Gasteiger partial charge is 0.507 e. The van der Waals surface area contributed by atoms with Crippen molar-refractivity contribution in [3.8, 4) is 0 Å². The summed E-state index contributed by atoms with van der Waals surface area (Å²) in [4.78, 5) is 27.3. The highest BCUT2D eigenvalue weighted by atomic mass is 79.9. The fourth-order valence-electron chi connectivity index (χ4n) is 3.86. The fraction of sp³-hybridized carbons (Fsp3) is 0.273. The molecule has 2 aromatic carbocycles. The molecular weight excluding hydrogens is 458 g/mol. The van der Waals surface area contributed by atoms with Crippen LogP contribution in [0.5, 0.6) is 0 Å². The number of benzene rings is 2. The van der Waals surface area contributed by atoms with E-state index in [-0.39, 0.29) is 17.4 Å². The topological polar surface area (TPSA) is 66.8 Å². The van der Waals surface area contributed by atoms with Gasteiger partial charge in [-0.1, -0.05) is 51.8 Å². The van der Waals surface area contributed by atoms with Gasteiger partial charge in [0.25, 0.3) is 11.7 Å². The number of hydrogen-bond acceptors (Lipinski definition) is 4. The number of nitrogens with zero attached hydrogens (tertiary/aromatic N) is 1. The Balaban J connectivity index is 1.83. The number of hydrogen-bond donors (Lipinski definition) is 1. The first-order chi connectivity index (χ1) is 14.0. The van der Waals surface area contributed by atoms with Gasteiger partial charge in [0.2, 0.25) is 0 Å². The smallest absolute Gasteiger partial charge is 0.295 e. The van der Waals surface area contributed by atoms with Crippen molar-refractivity contribution in [2.45, 2.75) is 25.0 Å². The minimum Gasteiger partial charge on any atom is -0.507 e. The fourth-order valence-corrected chi connectivity index (χ4v) is 4.33. The third kappa shape index (κ3) is 3.97. The van der Waals surface area contributed by atoms with Crippen LogP contribution in [0.3, 0.4) is 0 Å². The molecule has 0 aromatic heterocycles. The molecule has 2 saturated heterocycles. The molecule has 4 rings (SSSR count). The molecule has 2 atom stereocenters. The third-order valence-electron chi connectivity index (χ3n) is 5.25. The molecule has 7 heteroatoms. The lowest BCUT2D eigenvalue weighted by Crippen LogP contribution is -2.36. The van der Waals surface area contributed by atoms with Gasteiger partial charge >= 0.3 is 0 Å². The predicted octanol–water partition coefficient (Wildman–Crippen LogP) is 4.70. The lowest BCUT2D eigenvalue weighted by molar-refractivity contribution is -0.140. The van der Waals surface area contributed by atoms with Crippen molar-refractivity contribution < 1.29 is 19.4 Å². The summed E-state index contributed by atoms with van der Waals surface area (Å²) in [6.45, 7) is 0.939. The van der Waals surface area contributed by atoms with Gasteiger partial charge in [-0.3, -0.25) is 9.59 Å². The van der Waals surface area contributed by atoms with E-state index in [1.54, 1.807) is 48.5 Å². The molecule has 0 radical (unpaired) electrons. The summed E-state index contributed by atoms with van der Waals surface area (Å²) in [5, 5.41) is 11.5. The van der Waals surface area contributed by atoms with E-state index in [1.807, 2.05) is 0 Å². The van der Waals surface area contributed by atoms with E-state index >= 15 is 0 Å². The summed E-state index contributed by atoms with van der Waals surface area (Å²) in [6, 6.07) is 13.2. The second-order valence-corrected chi connectivity index (χ2v) is 8.50. The number of ether oxygens (including phenoxy) is 1. The van der Waals surface area contributed by atoms with E-state index < -0.39 is 17.7 Å². The van der Waals surface area contributed by atoms with Crippen LogP contribution < -0.4 is 0 Å². The lowest BCUT2D eigenvalue weighted by Gasteiger charge is -2.27. The summed E-state index contributed by atoms with van der Waals surface area (Å²) >= 11 is 9.54. The maximum atomic E-state index is 12.9. The van der Waals surface area contributed by atoms with Crippen LogP contribution in [-0.4, -0.2) is 41.0 Å². The molecule has 2 heterocycles. The SMILES string of the molecule is O=C1C(=O)N(CC2CCCO2)C(c2cccc(Cl)c2)C1=C(O)c1ccc(Br)cc1. The Kier molecular flexibility index (Phi) is 5.76. The number of likely N-dealkylation sites (tertiary alicyclic amines) is 1. The Morgan fingerprint density at radius 3 is 2.62 bits per heavy atom.